The average molecular weight is 379 g/mol. The second-order valence-corrected chi connectivity index (χ2v) is 7.56. The molecule has 2 rings (SSSR count). The number of benzene rings is 2. The molecule has 138 valence electrons. The lowest BCUT2D eigenvalue weighted by Gasteiger charge is -2.29. The largest absolute Gasteiger partial charge is 0.422 e. The maximum Gasteiger partial charge on any atom is 0.349 e. The van der Waals surface area contributed by atoms with Crippen molar-refractivity contribution in [2.75, 3.05) is 13.1 Å². The van der Waals surface area contributed by atoms with Crippen LogP contribution < -0.4 is 9.83 Å². The van der Waals surface area contributed by atoms with Crippen molar-refractivity contribution in [2.45, 2.75) is 13.8 Å². The van der Waals surface area contributed by atoms with Gasteiger partial charge in [-0.1, -0.05) is 32.0 Å². The van der Waals surface area contributed by atoms with E-state index < -0.39 is 28.7 Å². The number of hydrogen-bond donors (Lipinski definition) is 0. The fourth-order valence-corrected chi connectivity index (χ4v) is 4.72. The highest BCUT2D eigenvalue weighted by Gasteiger charge is 2.36. The van der Waals surface area contributed by atoms with Crippen LogP contribution in [-0.2, 0) is 4.57 Å². The number of nitro benzene ring substituents is 2. The highest BCUT2D eigenvalue weighted by Crippen LogP contribution is 2.51. The third kappa shape index (κ3) is 3.89. The van der Waals surface area contributed by atoms with E-state index in [1.165, 1.54) is 0 Å². The van der Waals surface area contributed by atoms with Gasteiger partial charge < -0.3 is 4.52 Å². The Labute approximate surface area is 150 Å². The normalized spacial score (nSPS) is 13.2. The fourth-order valence-electron chi connectivity index (χ4n) is 2.46. The zero-order chi connectivity index (χ0) is 19.3. The van der Waals surface area contributed by atoms with Gasteiger partial charge in [0.15, 0.2) is 0 Å². The maximum absolute atomic E-state index is 13.7. The number of nitrogens with zero attached hydrogens (tertiary/aromatic N) is 3. The molecule has 0 N–H and O–H groups in total. The van der Waals surface area contributed by atoms with E-state index in [0.29, 0.717) is 18.4 Å². The van der Waals surface area contributed by atoms with Gasteiger partial charge in [0.05, 0.1) is 21.2 Å². The predicted octanol–water partition coefficient (Wildman–Crippen LogP) is 3.74. The van der Waals surface area contributed by atoms with Crippen LogP contribution in [0, 0.1) is 20.2 Å². The minimum absolute atomic E-state index is 0.278. The monoisotopic (exact) mass is 379 g/mol. The Morgan fingerprint density at radius 2 is 1.62 bits per heavy atom. The fraction of sp³-hybridized carbons (Fsp3) is 0.250. The molecule has 0 aliphatic rings. The molecular formula is C16H18N3O6P. The minimum Gasteiger partial charge on any atom is -0.422 e. The first kappa shape index (κ1) is 19.6. The number of rotatable bonds is 8. The van der Waals surface area contributed by atoms with E-state index in [4.69, 9.17) is 4.52 Å². The second kappa shape index (κ2) is 8.07. The lowest BCUT2D eigenvalue weighted by molar-refractivity contribution is -0.394. The molecule has 0 radical (unpaired) electrons. The zero-order valence-electron chi connectivity index (χ0n) is 14.3. The molecule has 0 saturated heterocycles. The van der Waals surface area contributed by atoms with Crippen molar-refractivity contribution in [3.63, 3.8) is 0 Å². The molecule has 0 spiro atoms. The van der Waals surface area contributed by atoms with Crippen LogP contribution in [0.1, 0.15) is 13.8 Å². The molecule has 0 heterocycles. The molecule has 0 aromatic heterocycles. The van der Waals surface area contributed by atoms with Crippen molar-refractivity contribution >= 4 is 24.2 Å². The summed E-state index contributed by atoms with van der Waals surface area (Å²) in [6.45, 7) is 4.38. The van der Waals surface area contributed by atoms with E-state index in [1.54, 1.807) is 48.8 Å². The second-order valence-electron chi connectivity index (χ2n) is 5.25. The van der Waals surface area contributed by atoms with Gasteiger partial charge in [0.1, 0.15) is 0 Å². The molecule has 9 nitrogen and oxygen atoms in total. The predicted molar refractivity (Wildman–Crippen MR) is 97.0 cm³/mol. The lowest BCUT2D eigenvalue weighted by Crippen LogP contribution is -2.29. The van der Waals surface area contributed by atoms with Gasteiger partial charge in [-0.05, 0) is 18.2 Å². The van der Waals surface area contributed by atoms with Crippen molar-refractivity contribution < 1.29 is 18.9 Å². The summed E-state index contributed by atoms with van der Waals surface area (Å²) in [5.41, 5.74) is -1.05. The van der Waals surface area contributed by atoms with E-state index in [1.807, 2.05) is 0 Å². The average Bonchev–Trinajstić information content (AvgIpc) is 2.63. The third-order valence-electron chi connectivity index (χ3n) is 3.76. The van der Waals surface area contributed by atoms with Gasteiger partial charge in [0.2, 0.25) is 5.75 Å². The van der Waals surface area contributed by atoms with Crippen LogP contribution in [0.15, 0.2) is 48.5 Å². The Hall–Kier alpha value is -2.77. The Balaban J connectivity index is 2.58. The highest BCUT2D eigenvalue weighted by molar-refractivity contribution is 7.65. The molecule has 26 heavy (non-hydrogen) atoms. The van der Waals surface area contributed by atoms with E-state index >= 15 is 0 Å². The minimum atomic E-state index is -3.65. The van der Waals surface area contributed by atoms with E-state index in [0.717, 1.165) is 18.2 Å². The molecule has 0 amide bonds. The topological polar surface area (TPSA) is 116 Å². The SMILES string of the molecule is CCN(CC)P(=O)(Oc1ccc([N+](=O)[O-])cc1[N+](=O)[O-])c1ccccc1. The zero-order valence-corrected chi connectivity index (χ0v) is 15.2. The van der Waals surface area contributed by atoms with E-state index in [9.17, 15) is 24.8 Å². The molecule has 1 atom stereocenters. The van der Waals surface area contributed by atoms with Crippen molar-refractivity contribution in [3.8, 4) is 5.75 Å². The van der Waals surface area contributed by atoms with Crippen LogP contribution in [0.4, 0.5) is 11.4 Å². The van der Waals surface area contributed by atoms with Crippen LogP contribution in [-0.4, -0.2) is 27.6 Å². The highest BCUT2D eigenvalue weighted by atomic mass is 31.2. The lowest BCUT2D eigenvalue weighted by atomic mass is 10.2. The van der Waals surface area contributed by atoms with Gasteiger partial charge in [-0.3, -0.25) is 24.8 Å². The van der Waals surface area contributed by atoms with Crippen LogP contribution >= 0.6 is 7.52 Å². The molecule has 2 aromatic carbocycles. The summed E-state index contributed by atoms with van der Waals surface area (Å²) in [6.07, 6.45) is 0. The first-order chi connectivity index (χ1) is 12.3. The van der Waals surface area contributed by atoms with Gasteiger partial charge in [-0.15, -0.1) is 0 Å². The first-order valence-electron chi connectivity index (χ1n) is 7.87. The maximum atomic E-state index is 13.7. The number of non-ortho nitro benzene ring substituents is 1. The summed E-state index contributed by atoms with van der Waals surface area (Å²) in [5.74, 6) is -0.278. The summed E-state index contributed by atoms with van der Waals surface area (Å²) in [5, 5.41) is 22.6. The Kier molecular flexibility index (Phi) is 6.07. The van der Waals surface area contributed by atoms with Gasteiger partial charge in [-0.2, -0.15) is 0 Å². The molecule has 0 fully saturated rings. The van der Waals surface area contributed by atoms with Crippen LogP contribution in [0.2, 0.25) is 0 Å². The Bertz CT molecular complexity index is 854. The van der Waals surface area contributed by atoms with E-state index in [-0.39, 0.29) is 5.75 Å². The quantitative estimate of drug-likeness (QED) is 0.390. The van der Waals surface area contributed by atoms with Crippen LogP contribution in [0.25, 0.3) is 0 Å². The van der Waals surface area contributed by atoms with E-state index in [2.05, 4.69) is 0 Å². The van der Waals surface area contributed by atoms with Crippen molar-refractivity contribution in [1.29, 1.82) is 0 Å². The van der Waals surface area contributed by atoms with Gasteiger partial charge >= 0.3 is 13.2 Å². The van der Waals surface area contributed by atoms with Gasteiger partial charge in [0, 0.05) is 19.2 Å². The molecule has 0 aliphatic heterocycles. The molecule has 2 aromatic rings. The summed E-state index contributed by atoms with van der Waals surface area (Å²) >= 11 is 0. The summed E-state index contributed by atoms with van der Waals surface area (Å²) < 4.78 is 20.9. The molecule has 0 aliphatic carbocycles. The Morgan fingerprint density at radius 1 is 1.00 bits per heavy atom. The smallest absolute Gasteiger partial charge is 0.349 e. The van der Waals surface area contributed by atoms with Gasteiger partial charge in [0.25, 0.3) is 5.69 Å². The summed E-state index contributed by atoms with van der Waals surface area (Å²) in [7, 11) is -3.65. The molecule has 0 bridgehead atoms. The molecule has 0 saturated carbocycles. The van der Waals surface area contributed by atoms with Crippen molar-refractivity contribution in [2.24, 2.45) is 0 Å². The van der Waals surface area contributed by atoms with Gasteiger partial charge in [-0.25, -0.2) is 4.67 Å². The molecule has 1 unspecified atom stereocenters. The molecular weight excluding hydrogens is 361 g/mol. The van der Waals surface area contributed by atoms with Crippen LogP contribution in [0.5, 0.6) is 5.75 Å². The third-order valence-corrected chi connectivity index (χ3v) is 6.46. The van der Waals surface area contributed by atoms with Crippen LogP contribution in [0.3, 0.4) is 0 Å². The molecule has 10 heteroatoms. The number of nitro groups is 2. The Morgan fingerprint density at radius 3 is 2.12 bits per heavy atom. The van der Waals surface area contributed by atoms with Crippen molar-refractivity contribution in [1.82, 2.24) is 4.67 Å². The summed E-state index contributed by atoms with van der Waals surface area (Å²) in [4.78, 5) is 20.7. The van der Waals surface area contributed by atoms with Crippen molar-refractivity contribution in [3.05, 3.63) is 68.8 Å². The standard InChI is InChI=1S/C16H18N3O6P/c1-3-17(4-2)26(24,14-8-6-5-7-9-14)25-16-11-10-13(18(20)21)12-15(16)19(22)23/h5-12H,3-4H2,1-2H3. The first-order valence-corrected chi connectivity index (χ1v) is 9.44. The summed E-state index contributed by atoms with van der Waals surface area (Å²) in [6, 6.07) is 11.4. The number of hydrogen-bond acceptors (Lipinski definition) is 6.